The molecule has 0 heterocycles. The number of carbonyl (C=O) groups is 2. The number of hydroxylamine groups is 1. The second-order valence-electron chi connectivity index (χ2n) is 2.08. The van der Waals surface area contributed by atoms with Crippen LogP contribution in [-0.2, 0) is 9.63 Å². The van der Waals surface area contributed by atoms with Gasteiger partial charge in [0.1, 0.15) is 6.54 Å². The summed E-state index contributed by atoms with van der Waals surface area (Å²) in [5, 5.41) is 9.41. The number of nitrogens with one attached hydrogen (secondary N) is 2. The Balaban J connectivity index is 3.52. The molecule has 0 saturated heterocycles. The van der Waals surface area contributed by atoms with Gasteiger partial charge < -0.3 is 10.4 Å². The lowest BCUT2D eigenvalue weighted by Gasteiger charge is -2.08. The Hall–Kier alpha value is -1.51. The van der Waals surface area contributed by atoms with Crippen LogP contribution < -0.4 is 10.8 Å². The van der Waals surface area contributed by atoms with E-state index in [0.29, 0.717) is 0 Å². The minimum Gasteiger partial charge on any atom is -0.479 e. The number of halogens is 3. The highest BCUT2D eigenvalue weighted by Gasteiger charge is 2.27. The Morgan fingerprint density at radius 1 is 1.36 bits per heavy atom. The average Bonchev–Trinajstić information content (AvgIpc) is 1.99. The quantitative estimate of drug-likeness (QED) is 0.571. The monoisotopic (exact) mass is 216 g/mol. The molecule has 0 aromatic heterocycles. The second-order valence-corrected chi connectivity index (χ2v) is 2.08. The van der Waals surface area contributed by atoms with Gasteiger partial charge in [0.05, 0.1) is 0 Å². The molecule has 6 nitrogen and oxygen atoms in total. The summed E-state index contributed by atoms with van der Waals surface area (Å²) in [6.07, 6.45) is -4.52. The van der Waals surface area contributed by atoms with E-state index in [4.69, 9.17) is 5.11 Å². The van der Waals surface area contributed by atoms with Crippen molar-refractivity contribution in [3.63, 3.8) is 0 Å². The number of alkyl halides is 3. The fraction of sp³-hybridized carbons (Fsp3) is 0.600. The van der Waals surface area contributed by atoms with Crippen molar-refractivity contribution >= 4 is 12.0 Å². The Labute approximate surface area is 76.0 Å². The van der Waals surface area contributed by atoms with E-state index in [1.165, 1.54) is 10.8 Å². The van der Waals surface area contributed by atoms with Crippen molar-refractivity contribution in [1.29, 1.82) is 0 Å². The first-order valence-corrected chi connectivity index (χ1v) is 3.25. The molecule has 0 saturated carbocycles. The van der Waals surface area contributed by atoms with Gasteiger partial charge in [0.2, 0.25) is 0 Å². The Kier molecular flexibility index (Phi) is 4.70. The number of urea groups is 1. The molecule has 9 heteroatoms. The van der Waals surface area contributed by atoms with Crippen molar-refractivity contribution in [3.8, 4) is 0 Å². The topological polar surface area (TPSA) is 87.7 Å². The number of carboxylic acids is 1. The van der Waals surface area contributed by atoms with Gasteiger partial charge in [-0.2, -0.15) is 13.2 Å². The fourth-order valence-electron chi connectivity index (χ4n) is 0.380. The molecular formula is C5H7F3N2O4. The highest BCUT2D eigenvalue weighted by Crippen LogP contribution is 2.11. The summed E-state index contributed by atoms with van der Waals surface area (Å²) in [5.41, 5.74) is 1.46. The molecule has 82 valence electrons. The lowest BCUT2D eigenvalue weighted by atomic mass is 10.6. The maximum absolute atomic E-state index is 11.5. The Bertz CT molecular complexity index is 218. The van der Waals surface area contributed by atoms with Gasteiger partial charge in [-0.15, -0.1) is 0 Å². The van der Waals surface area contributed by atoms with Crippen LogP contribution >= 0.6 is 0 Å². The third-order valence-electron chi connectivity index (χ3n) is 0.810. The predicted molar refractivity (Wildman–Crippen MR) is 36.2 cm³/mol. The van der Waals surface area contributed by atoms with E-state index in [0.717, 1.165) is 0 Å². The molecule has 3 N–H and O–H groups in total. The zero-order valence-corrected chi connectivity index (χ0v) is 6.72. The van der Waals surface area contributed by atoms with Crippen molar-refractivity contribution in [1.82, 2.24) is 10.8 Å². The summed E-state index contributed by atoms with van der Waals surface area (Å²) < 4.78 is 34.5. The third kappa shape index (κ3) is 8.59. The molecule has 0 atom stereocenters. The van der Waals surface area contributed by atoms with Crippen LogP contribution in [0.25, 0.3) is 0 Å². The predicted octanol–water partition coefficient (Wildman–Crippen LogP) is -0.136. The third-order valence-corrected chi connectivity index (χ3v) is 0.810. The van der Waals surface area contributed by atoms with Crippen LogP contribution in [0.5, 0.6) is 0 Å². The van der Waals surface area contributed by atoms with E-state index < -0.39 is 31.3 Å². The maximum Gasteiger partial charge on any atom is 0.405 e. The van der Waals surface area contributed by atoms with Gasteiger partial charge in [-0.25, -0.2) is 15.1 Å². The van der Waals surface area contributed by atoms with Gasteiger partial charge in [0.15, 0.2) is 6.61 Å². The molecule has 0 rings (SSSR count). The minimum atomic E-state index is -4.52. The van der Waals surface area contributed by atoms with E-state index in [9.17, 15) is 22.8 Å². The highest BCUT2D eigenvalue weighted by molar-refractivity contribution is 5.73. The van der Waals surface area contributed by atoms with E-state index in [1.54, 1.807) is 0 Å². The summed E-state index contributed by atoms with van der Waals surface area (Å²) in [7, 11) is 0. The van der Waals surface area contributed by atoms with Crippen LogP contribution in [0.3, 0.4) is 0 Å². The summed E-state index contributed by atoms with van der Waals surface area (Å²) in [6, 6.07) is -1.26. The van der Waals surface area contributed by atoms with Gasteiger partial charge in [0, 0.05) is 0 Å². The summed E-state index contributed by atoms with van der Waals surface area (Å²) in [4.78, 5) is 24.2. The largest absolute Gasteiger partial charge is 0.479 e. The molecule has 14 heavy (non-hydrogen) atoms. The number of carbonyl (C=O) groups excluding carboxylic acids is 1. The molecule has 0 bridgehead atoms. The minimum absolute atomic E-state index is 0.834. The summed E-state index contributed by atoms with van der Waals surface area (Å²) in [5.74, 6) is -1.36. The van der Waals surface area contributed by atoms with Crippen LogP contribution in [0, 0.1) is 0 Å². The van der Waals surface area contributed by atoms with Crippen LogP contribution in [0.1, 0.15) is 0 Å². The van der Waals surface area contributed by atoms with Gasteiger partial charge >= 0.3 is 18.2 Å². The SMILES string of the molecule is O=C(O)CONC(=O)NCC(F)(F)F. The molecule has 0 aromatic rings. The smallest absolute Gasteiger partial charge is 0.405 e. The van der Waals surface area contributed by atoms with Crippen LogP contribution in [0.15, 0.2) is 0 Å². The Morgan fingerprint density at radius 2 is 1.93 bits per heavy atom. The van der Waals surface area contributed by atoms with Crippen molar-refractivity contribution in [2.75, 3.05) is 13.2 Å². The first-order valence-electron chi connectivity index (χ1n) is 3.25. The molecular weight excluding hydrogens is 209 g/mol. The summed E-state index contributed by atoms with van der Waals surface area (Å²) >= 11 is 0. The maximum atomic E-state index is 11.5. The second kappa shape index (κ2) is 5.27. The first-order chi connectivity index (χ1) is 6.31. The number of aliphatic carboxylic acids is 1. The molecule has 0 spiro atoms. The van der Waals surface area contributed by atoms with Gasteiger partial charge in [-0.05, 0) is 0 Å². The number of carboxylic acid groups (broad SMARTS) is 1. The van der Waals surface area contributed by atoms with Crippen LogP contribution in [0.2, 0.25) is 0 Å². The molecule has 0 aliphatic rings. The van der Waals surface area contributed by atoms with Crippen molar-refractivity contribution in [2.45, 2.75) is 6.18 Å². The molecule has 0 radical (unpaired) electrons. The number of rotatable bonds is 4. The van der Waals surface area contributed by atoms with E-state index in [2.05, 4.69) is 4.84 Å². The van der Waals surface area contributed by atoms with Crippen LogP contribution in [0.4, 0.5) is 18.0 Å². The first kappa shape index (κ1) is 12.5. The van der Waals surface area contributed by atoms with Crippen molar-refractivity contribution < 1.29 is 32.7 Å². The van der Waals surface area contributed by atoms with Gasteiger partial charge in [0.25, 0.3) is 0 Å². The zero-order valence-electron chi connectivity index (χ0n) is 6.72. The normalized spacial score (nSPS) is 10.8. The molecule has 0 aromatic carbocycles. The van der Waals surface area contributed by atoms with Crippen molar-refractivity contribution in [3.05, 3.63) is 0 Å². The molecule has 0 aliphatic carbocycles. The molecule has 2 amide bonds. The van der Waals surface area contributed by atoms with Gasteiger partial charge in [-0.3, -0.25) is 4.84 Å². The number of amides is 2. The zero-order chi connectivity index (χ0) is 11.2. The lowest BCUT2D eigenvalue weighted by Crippen LogP contribution is -2.41. The highest BCUT2D eigenvalue weighted by atomic mass is 19.4. The summed E-state index contributed by atoms with van der Waals surface area (Å²) in [6.45, 7) is -2.35. The number of hydrogen-bond acceptors (Lipinski definition) is 3. The van der Waals surface area contributed by atoms with E-state index in [1.807, 2.05) is 0 Å². The average molecular weight is 216 g/mol. The lowest BCUT2D eigenvalue weighted by molar-refractivity contribution is -0.144. The van der Waals surface area contributed by atoms with Crippen LogP contribution in [-0.4, -0.2) is 36.4 Å². The Morgan fingerprint density at radius 3 is 2.36 bits per heavy atom. The molecule has 0 fully saturated rings. The van der Waals surface area contributed by atoms with E-state index >= 15 is 0 Å². The fourth-order valence-corrected chi connectivity index (χ4v) is 0.380. The van der Waals surface area contributed by atoms with Gasteiger partial charge in [-0.1, -0.05) is 0 Å². The van der Waals surface area contributed by atoms with E-state index in [-0.39, 0.29) is 0 Å². The standard InChI is InChI=1S/C5H7F3N2O4/c6-5(7,8)2-9-4(13)10-14-1-3(11)12/h1-2H2,(H,11,12)(H2,9,10,13). The van der Waals surface area contributed by atoms with Crippen molar-refractivity contribution in [2.24, 2.45) is 0 Å². The molecule has 0 aliphatic heterocycles. The molecule has 0 unspecified atom stereocenters. The number of hydrogen-bond donors (Lipinski definition) is 3.